The van der Waals surface area contributed by atoms with Crippen molar-refractivity contribution in [3.63, 3.8) is 0 Å². The summed E-state index contributed by atoms with van der Waals surface area (Å²) < 4.78 is 23.9. The fraction of sp³-hybridized carbons (Fsp3) is 0.133. The van der Waals surface area contributed by atoms with Crippen molar-refractivity contribution in [3.8, 4) is 0 Å². The van der Waals surface area contributed by atoms with E-state index in [9.17, 15) is 8.42 Å². The molecule has 4 nitrogen and oxygen atoms in total. The molecule has 5 heteroatoms. The first-order valence-corrected chi connectivity index (χ1v) is 7.63. The summed E-state index contributed by atoms with van der Waals surface area (Å²) in [5.74, 6) is 0. The number of aryl methyl sites for hydroxylation is 1. The third-order valence-electron chi connectivity index (χ3n) is 2.68. The minimum atomic E-state index is -3.55. The Kier molecular flexibility index (Phi) is 4.53. The molecule has 0 unspecified atom stereocenters. The van der Waals surface area contributed by atoms with Gasteiger partial charge in [0.25, 0.3) is 0 Å². The molecule has 0 heterocycles. The Morgan fingerprint density at radius 1 is 1.05 bits per heavy atom. The van der Waals surface area contributed by atoms with E-state index in [1.807, 2.05) is 37.3 Å². The van der Waals surface area contributed by atoms with Gasteiger partial charge >= 0.3 is 0 Å². The summed E-state index contributed by atoms with van der Waals surface area (Å²) in [5, 5.41) is 3.52. The van der Waals surface area contributed by atoms with E-state index in [1.165, 1.54) is 0 Å². The molecule has 0 aliphatic heterocycles. The predicted octanol–water partition coefficient (Wildman–Crippen LogP) is 2.93. The van der Waals surface area contributed by atoms with Gasteiger partial charge in [0.2, 0.25) is 9.84 Å². The highest BCUT2D eigenvalue weighted by Crippen LogP contribution is 2.10. The molecule has 0 aromatic heterocycles. The van der Waals surface area contributed by atoms with Crippen molar-refractivity contribution in [2.75, 3.05) is 0 Å². The SMILES string of the molecule is Cc1ccc(S(=O)(=O)C=NOCc2ccccc2)cc1. The summed E-state index contributed by atoms with van der Waals surface area (Å²) in [6.45, 7) is 2.13. The standard InChI is InChI=1S/C15H15NO3S/c1-13-7-9-15(10-8-13)20(17,18)12-16-19-11-14-5-3-2-4-6-14/h2-10,12H,11H2,1H3. The van der Waals surface area contributed by atoms with Crippen molar-refractivity contribution in [3.05, 3.63) is 65.7 Å². The highest BCUT2D eigenvalue weighted by atomic mass is 32.2. The molecule has 0 aliphatic rings. The molecule has 0 saturated carbocycles. The lowest BCUT2D eigenvalue weighted by atomic mass is 10.2. The fourth-order valence-corrected chi connectivity index (χ4v) is 2.37. The van der Waals surface area contributed by atoms with Crippen LogP contribution < -0.4 is 0 Å². The van der Waals surface area contributed by atoms with Gasteiger partial charge in [0.05, 0.1) is 4.90 Å². The molecule has 0 bridgehead atoms. The van der Waals surface area contributed by atoms with Gasteiger partial charge in [-0.3, -0.25) is 0 Å². The number of nitrogens with zero attached hydrogens (tertiary/aromatic N) is 1. The van der Waals surface area contributed by atoms with Gasteiger partial charge in [-0.15, -0.1) is 0 Å². The number of benzene rings is 2. The first kappa shape index (κ1) is 14.3. The molecule has 2 aromatic carbocycles. The van der Waals surface area contributed by atoms with Gasteiger partial charge in [0.1, 0.15) is 6.61 Å². The van der Waals surface area contributed by atoms with Crippen molar-refractivity contribution in [2.45, 2.75) is 18.4 Å². The van der Waals surface area contributed by atoms with Crippen molar-refractivity contribution in [1.82, 2.24) is 0 Å². The second kappa shape index (κ2) is 6.34. The van der Waals surface area contributed by atoms with Crippen molar-refractivity contribution >= 4 is 15.4 Å². The first-order valence-electron chi connectivity index (χ1n) is 6.09. The average molecular weight is 289 g/mol. The van der Waals surface area contributed by atoms with Gasteiger partial charge < -0.3 is 4.84 Å². The summed E-state index contributed by atoms with van der Waals surface area (Å²) >= 11 is 0. The highest BCUT2D eigenvalue weighted by molar-refractivity contribution is 8.04. The number of rotatable bonds is 5. The minimum Gasteiger partial charge on any atom is -0.390 e. The van der Waals surface area contributed by atoms with Crippen LogP contribution in [0, 0.1) is 6.92 Å². The molecule has 0 atom stereocenters. The molecule has 0 N–H and O–H groups in total. The first-order chi connectivity index (χ1) is 9.58. The number of sulfone groups is 1. The summed E-state index contributed by atoms with van der Waals surface area (Å²) in [6, 6.07) is 16.0. The Morgan fingerprint density at radius 2 is 1.70 bits per heavy atom. The predicted molar refractivity (Wildman–Crippen MR) is 78.1 cm³/mol. The fourth-order valence-electron chi connectivity index (χ4n) is 1.56. The Morgan fingerprint density at radius 3 is 2.35 bits per heavy atom. The summed E-state index contributed by atoms with van der Waals surface area (Å²) in [5.41, 5.74) is 2.76. The Labute approximate surface area is 118 Å². The van der Waals surface area contributed by atoms with Crippen LogP contribution in [-0.4, -0.2) is 14.0 Å². The van der Waals surface area contributed by atoms with Crippen LogP contribution in [0.5, 0.6) is 0 Å². The van der Waals surface area contributed by atoms with E-state index < -0.39 is 9.84 Å². The second-order valence-electron chi connectivity index (χ2n) is 4.33. The Balaban J connectivity index is 1.98. The van der Waals surface area contributed by atoms with Crippen LogP contribution in [0.1, 0.15) is 11.1 Å². The molecule has 20 heavy (non-hydrogen) atoms. The zero-order chi connectivity index (χ0) is 14.4. The quantitative estimate of drug-likeness (QED) is 0.483. The number of hydrogen-bond donors (Lipinski definition) is 0. The summed E-state index contributed by atoms with van der Waals surface area (Å²) in [4.78, 5) is 5.19. The van der Waals surface area contributed by atoms with Gasteiger partial charge in [-0.05, 0) is 24.6 Å². The molecule has 0 saturated heterocycles. The average Bonchev–Trinajstić information content (AvgIpc) is 2.45. The van der Waals surface area contributed by atoms with Gasteiger partial charge in [-0.2, -0.15) is 0 Å². The maximum atomic E-state index is 11.9. The molecule has 0 spiro atoms. The zero-order valence-electron chi connectivity index (χ0n) is 11.1. The van der Waals surface area contributed by atoms with Crippen molar-refractivity contribution in [1.29, 1.82) is 0 Å². The third-order valence-corrected chi connectivity index (χ3v) is 3.97. The van der Waals surface area contributed by atoms with Crippen LogP contribution in [-0.2, 0) is 21.3 Å². The smallest absolute Gasteiger partial charge is 0.220 e. The molecule has 0 aliphatic carbocycles. The second-order valence-corrected chi connectivity index (χ2v) is 6.10. The van der Waals surface area contributed by atoms with Crippen LogP contribution in [0.4, 0.5) is 0 Å². The normalized spacial score (nSPS) is 11.7. The van der Waals surface area contributed by atoms with Crippen LogP contribution in [0.25, 0.3) is 0 Å². The lowest BCUT2D eigenvalue weighted by Gasteiger charge is -2.00. The lowest BCUT2D eigenvalue weighted by Crippen LogP contribution is -2.02. The number of oxime groups is 1. The molecule has 0 radical (unpaired) electrons. The van der Waals surface area contributed by atoms with E-state index in [0.717, 1.165) is 16.7 Å². The maximum absolute atomic E-state index is 11.9. The lowest BCUT2D eigenvalue weighted by molar-refractivity contribution is 0.132. The third kappa shape index (κ3) is 3.93. The van der Waals surface area contributed by atoms with Gasteiger partial charge in [0, 0.05) is 0 Å². The maximum Gasteiger partial charge on any atom is 0.220 e. The summed E-state index contributed by atoms with van der Waals surface area (Å²) in [7, 11) is -3.55. The molecular formula is C15H15NO3S. The summed E-state index contributed by atoms with van der Waals surface area (Å²) in [6.07, 6.45) is 0. The van der Waals surface area contributed by atoms with E-state index in [4.69, 9.17) is 4.84 Å². The molecule has 2 aromatic rings. The van der Waals surface area contributed by atoms with Crippen LogP contribution in [0.2, 0.25) is 0 Å². The topological polar surface area (TPSA) is 55.7 Å². The monoisotopic (exact) mass is 289 g/mol. The molecule has 0 amide bonds. The van der Waals surface area contributed by atoms with Crippen LogP contribution >= 0.6 is 0 Å². The van der Waals surface area contributed by atoms with Gasteiger partial charge in [0.15, 0.2) is 5.55 Å². The van der Waals surface area contributed by atoms with E-state index in [1.54, 1.807) is 24.3 Å². The Hall–Kier alpha value is -2.14. The van der Waals surface area contributed by atoms with E-state index in [0.29, 0.717) is 0 Å². The van der Waals surface area contributed by atoms with Crippen molar-refractivity contribution < 1.29 is 13.3 Å². The molecule has 104 valence electrons. The van der Waals surface area contributed by atoms with E-state index in [-0.39, 0.29) is 11.5 Å². The minimum absolute atomic E-state index is 0.204. The van der Waals surface area contributed by atoms with E-state index in [2.05, 4.69) is 5.16 Å². The molecule has 2 rings (SSSR count). The largest absolute Gasteiger partial charge is 0.390 e. The van der Waals surface area contributed by atoms with Crippen LogP contribution in [0.15, 0.2) is 64.6 Å². The zero-order valence-corrected chi connectivity index (χ0v) is 11.9. The van der Waals surface area contributed by atoms with Gasteiger partial charge in [-0.1, -0.05) is 53.2 Å². The number of hydrogen-bond acceptors (Lipinski definition) is 4. The highest BCUT2D eigenvalue weighted by Gasteiger charge is 2.10. The van der Waals surface area contributed by atoms with Crippen LogP contribution in [0.3, 0.4) is 0 Å². The Bertz CT molecular complexity index is 677. The van der Waals surface area contributed by atoms with E-state index >= 15 is 0 Å². The van der Waals surface area contributed by atoms with Gasteiger partial charge in [-0.25, -0.2) is 8.42 Å². The van der Waals surface area contributed by atoms with Crippen molar-refractivity contribution in [2.24, 2.45) is 5.16 Å². The molecule has 0 fully saturated rings. The molecular weight excluding hydrogens is 274 g/mol.